The van der Waals surface area contributed by atoms with Gasteiger partial charge in [-0.2, -0.15) is 0 Å². The first-order chi connectivity index (χ1) is 9.76. The van der Waals surface area contributed by atoms with Gasteiger partial charge in [0.15, 0.2) is 0 Å². The number of nitrogens with zero attached hydrogens (tertiary/aromatic N) is 3. The number of anilines is 2. The van der Waals surface area contributed by atoms with Crippen LogP contribution in [0.1, 0.15) is 19.3 Å². The highest BCUT2D eigenvalue weighted by Gasteiger charge is 2.44. The highest BCUT2D eigenvalue weighted by atomic mass is 35.5. The summed E-state index contributed by atoms with van der Waals surface area (Å²) in [6.07, 6.45) is 4.25. The largest absolute Gasteiger partial charge is 0.374 e. The zero-order chi connectivity index (χ0) is 13.3. The number of hydrogen-bond donors (Lipinski definition) is 0. The number of rotatable bonds is 2. The predicted octanol–water partition coefficient (Wildman–Crippen LogP) is 2.31. The molecule has 20 heavy (non-hydrogen) atoms. The van der Waals surface area contributed by atoms with Crippen LogP contribution in [0.25, 0.3) is 0 Å². The smallest absolute Gasteiger partial charge is 0.133 e. The minimum Gasteiger partial charge on any atom is -0.374 e. The number of aromatic nitrogens is 1. The first-order valence-electron chi connectivity index (χ1n) is 7.59. The third-order valence-corrected chi connectivity index (χ3v) is 5.59. The van der Waals surface area contributed by atoms with Gasteiger partial charge >= 0.3 is 0 Å². The maximum absolute atomic E-state index is 6.27. The molecule has 4 aliphatic heterocycles. The monoisotopic (exact) mass is 291 g/mol. The van der Waals surface area contributed by atoms with Crippen LogP contribution < -0.4 is 9.80 Å². The lowest BCUT2D eigenvalue weighted by Gasteiger charge is -2.31. The van der Waals surface area contributed by atoms with Crippen LogP contribution >= 0.6 is 11.6 Å². The minimum absolute atomic E-state index is 0.412. The Morgan fingerprint density at radius 3 is 2.65 bits per heavy atom. The van der Waals surface area contributed by atoms with Crippen molar-refractivity contribution in [3.05, 3.63) is 17.3 Å². The third kappa shape index (κ3) is 1.61. The van der Waals surface area contributed by atoms with Gasteiger partial charge in [-0.25, -0.2) is 4.98 Å². The van der Waals surface area contributed by atoms with Crippen molar-refractivity contribution in [1.82, 2.24) is 4.98 Å². The van der Waals surface area contributed by atoms with Crippen LogP contribution in [0.4, 0.5) is 11.5 Å². The van der Waals surface area contributed by atoms with Gasteiger partial charge < -0.3 is 14.5 Å². The van der Waals surface area contributed by atoms with Gasteiger partial charge in [-0.05, 0) is 31.2 Å². The quantitative estimate of drug-likeness (QED) is 0.782. The van der Waals surface area contributed by atoms with Gasteiger partial charge in [-0.3, -0.25) is 0 Å². The fourth-order valence-corrected chi connectivity index (χ4v) is 4.51. The van der Waals surface area contributed by atoms with Gasteiger partial charge in [0.05, 0.1) is 18.8 Å². The minimum atomic E-state index is 0.412. The number of hydrogen-bond acceptors (Lipinski definition) is 4. The molecule has 4 nitrogen and oxygen atoms in total. The standard InChI is InChI=1S/C15H18ClN3O/c16-14-4-11(18-7-13-3-12(18)8-20-13)5-15(17-14)19-6-9-1-10(19)2-9/h4-5,9-10,12-13H,1-3,6-8H2/t9?,10?,12-,13-/m0/s1. The highest BCUT2D eigenvalue weighted by molar-refractivity contribution is 6.29. The van der Waals surface area contributed by atoms with Crippen LogP contribution in [-0.4, -0.2) is 42.9 Å². The van der Waals surface area contributed by atoms with Crippen molar-refractivity contribution >= 4 is 23.1 Å². The van der Waals surface area contributed by atoms with E-state index in [1.807, 2.05) is 6.07 Å². The number of morpholine rings is 1. The van der Waals surface area contributed by atoms with Crippen molar-refractivity contribution in [2.24, 2.45) is 5.92 Å². The molecule has 6 rings (SSSR count). The third-order valence-electron chi connectivity index (χ3n) is 5.40. The zero-order valence-electron chi connectivity index (χ0n) is 11.3. The summed E-state index contributed by atoms with van der Waals surface area (Å²) in [6, 6.07) is 5.47. The molecule has 0 N–H and O–H groups in total. The van der Waals surface area contributed by atoms with E-state index in [0.717, 1.165) is 37.9 Å². The van der Waals surface area contributed by atoms with Gasteiger partial charge in [0.25, 0.3) is 0 Å². The van der Waals surface area contributed by atoms with Crippen LogP contribution in [-0.2, 0) is 4.74 Å². The van der Waals surface area contributed by atoms with Crippen molar-refractivity contribution < 1.29 is 4.74 Å². The second-order valence-corrected chi connectivity index (χ2v) is 7.03. The zero-order valence-corrected chi connectivity index (χ0v) is 12.1. The van der Waals surface area contributed by atoms with E-state index in [-0.39, 0.29) is 0 Å². The van der Waals surface area contributed by atoms with E-state index in [1.54, 1.807) is 0 Å². The molecule has 5 aliphatic rings. The molecule has 5 fully saturated rings. The molecule has 1 aromatic rings. The summed E-state index contributed by atoms with van der Waals surface area (Å²) in [4.78, 5) is 9.46. The van der Waals surface area contributed by atoms with Gasteiger partial charge in [0, 0.05) is 30.9 Å². The number of pyridine rings is 1. The number of fused-ring (bicyclic) bond motifs is 3. The fraction of sp³-hybridized carbons (Fsp3) is 0.667. The van der Waals surface area contributed by atoms with E-state index in [4.69, 9.17) is 16.3 Å². The molecular weight excluding hydrogens is 274 g/mol. The van der Waals surface area contributed by atoms with E-state index in [2.05, 4.69) is 20.9 Å². The van der Waals surface area contributed by atoms with E-state index < -0.39 is 0 Å². The average Bonchev–Trinajstić information content (AvgIpc) is 3.15. The van der Waals surface area contributed by atoms with Crippen molar-refractivity contribution in [3.63, 3.8) is 0 Å². The maximum Gasteiger partial charge on any atom is 0.133 e. The van der Waals surface area contributed by atoms with Crippen LogP contribution in [0, 0.1) is 5.92 Å². The lowest BCUT2D eigenvalue weighted by atomic mass is 9.86. The van der Waals surface area contributed by atoms with Gasteiger partial charge in [0.1, 0.15) is 11.0 Å². The SMILES string of the molecule is Clc1cc(N2C[C@@H]3C[C@H]2CO3)cc(N2CC3CC2C3)n1. The van der Waals surface area contributed by atoms with Gasteiger partial charge in [-0.15, -0.1) is 0 Å². The molecule has 0 amide bonds. The summed E-state index contributed by atoms with van der Waals surface area (Å²) in [5.41, 5.74) is 1.22. The first-order valence-corrected chi connectivity index (χ1v) is 7.96. The molecule has 1 saturated carbocycles. The van der Waals surface area contributed by atoms with Crippen molar-refractivity contribution in [1.29, 1.82) is 0 Å². The predicted molar refractivity (Wildman–Crippen MR) is 78.6 cm³/mol. The lowest BCUT2D eigenvalue weighted by Crippen LogP contribution is -2.37. The summed E-state index contributed by atoms with van der Waals surface area (Å²) < 4.78 is 5.69. The molecule has 0 spiro atoms. The van der Waals surface area contributed by atoms with Gasteiger partial charge in [0.2, 0.25) is 0 Å². The molecule has 4 saturated heterocycles. The number of ether oxygens (including phenoxy) is 1. The Hall–Kier alpha value is -1.00. The highest BCUT2D eigenvalue weighted by Crippen LogP contribution is 2.44. The van der Waals surface area contributed by atoms with E-state index in [1.165, 1.54) is 18.5 Å². The normalized spacial score (nSPS) is 37.6. The molecule has 106 valence electrons. The molecule has 5 heterocycles. The van der Waals surface area contributed by atoms with E-state index in [0.29, 0.717) is 23.3 Å². The fourth-order valence-electron chi connectivity index (χ4n) is 4.31. The van der Waals surface area contributed by atoms with E-state index >= 15 is 0 Å². The Kier molecular flexibility index (Phi) is 2.34. The Balaban J connectivity index is 1.49. The Labute approximate surface area is 123 Å². The van der Waals surface area contributed by atoms with Crippen molar-refractivity contribution in [3.8, 4) is 0 Å². The van der Waals surface area contributed by atoms with Crippen LogP contribution in [0.2, 0.25) is 5.15 Å². The summed E-state index contributed by atoms with van der Waals surface area (Å²) in [5.74, 6) is 1.96. The van der Waals surface area contributed by atoms with Gasteiger partial charge in [-0.1, -0.05) is 11.6 Å². The summed E-state index contributed by atoms with van der Waals surface area (Å²) in [5, 5.41) is 0.616. The summed E-state index contributed by atoms with van der Waals surface area (Å²) in [6.45, 7) is 3.01. The molecule has 2 atom stereocenters. The summed E-state index contributed by atoms with van der Waals surface area (Å²) >= 11 is 6.27. The molecule has 0 radical (unpaired) electrons. The second-order valence-electron chi connectivity index (χ2n) is 6.65. The lowest BCUT2D eigenvalue weighted by molar-refractivity contribution is 0.0991. The Morgan fingerprint density at radius 1 is 1.10 bits per heavy atom. The van der Waals surface area contributed by atoms with Crippen LogP contribution in [0.15, 0.2) is 12.1 Å². The Bertz CT molecular complexity index is 560. The molecular formula is C15H18ClN3O. The molecule has 1 aromatic heterocycles. The molecule has 1 aliphatic carbocycles. The molecule has 5 heteroatoms. The van der Waals surface area contributed by atoms with E-state index in [9.17, 15) is 0 Å². The Morgan fingerprint density at radius 2 is 2.00 bits per heavy atom. The molecule has 4 bridgehead atoms. The van der Waals surface area contributed by atoms with Crippen molar-refractivity contribution in [2.45, 2.75) is 37.5 Å². The van der Waals surface area contributed by atoms with Crippen LogP contribution in [0.3, 0.4) is 0 Å². The number of halogens is 1. The second kappa shape index (κ2) is 4.01. The maximum atomic E-state index is 6.27. The average molecular weight is 292 g/mol. The van der Waals surface area contributed by atoms with Crippen molar-refractivity contribution in [2.75, 3.05) is 29.5 Å². The summed E-state index contributed by atoms with van der Waals surface area (Å²) in [7, 11) is 0. The molecule has 0 unspecified atom stereocenters. The van der Waals surface area contributed by atoms with Crippen LogP contribution in [0.5, 0.6) is 0 Å². The first kappa shape index (κ1) is 11.6. The molecule has 0 aromatic carbocycles. The topological polar surface area (TPSA) is 28.6 Å².